The van der Waals surface area contributed by atoms with Gasteiger partial charge in [-0.2, -0.15) is 0 Å². The van der Waals surface area contributed by atoms with Gasteiger partial charge in [0.05, 0.1) is 23.9 Å². The Morgan fingerprint density at radius 2 is 2.05 bits per heavy atom. The summed E-state index contributed by atoms with van der Waals surface area (Å²) in [6.07, 6.45) is 4.88. The zero-order valence-corrected chi connectivity index (χ0v) is 10.9. The molecule has 2 heterocycles. The van der Waals surface area contributed by atoms with Crippen molar-refractivity contribution >= 4 is 5.82 Å². The van der Waals surface area contributed by atoms with Gasteiger partial charge in [-0.15, -0.1) is 0 Å². The van der Waals surface area contributed by atoms with E-state index >= 15 is 0 Å². The zero-order chi connectivity index (χ0) is 14.1. The van der Waals surface area contributed by atoms with Crippen LogP contribution in [0.2, 0.25) is 0 Å². The van der Waals surface area contributed by atoms with Crippen molar-refractivity contribution in [3.63, 3.8) is 0 Å². The third-order valence-corrected chi connectivity index (χ3v) is 3.08. The first-order chi connectivity index (χ1) is 9.65. The molecule has 0 aliphatic heterocycles. The highest BCUT2D eigenvalue weighted by atomic mass is 19.1. The lowest BCUT2D eigenvalue weighted by Crippen LogP contribution is -2.00. The second kappa shape index (κ2) is 4.77. The Balaban J connectivity index is 2.18. The summed E-state index contributed by atoms with van der Waals surface area (Å²) in [5, 5.41) is 0. The van der Waals surface area contributed by atoms with Crippen LogP contribution in [0.1, 0.15) is 5.56 Å². The SMILES string of the molecule is Cc1ccc(F)c(-n2cncc2-c2ccnc(N)c2)c1. The van der Waals surface area contributed by atoms with Crippen molar-refractivity contribution in [2.45, 2.75) is 6.92 Å². The lowest BCUT2D eigenvalue weighted by atomic mass is 10.1. The van der Waals surface area contributed by atoms with E-state index in [0.29, 0.717) is 11.5 Å². The molecule has 20 heavy (non-hydrogen) atoms. The fourth-order valence-electron chi connectivity index (χ4n) is 2.12. The summed E-state index contributed by atoms with van der Waals surface area (Å²) in [4.78, 5) is 8.07. The molecule has 0 saturated heterocycles. The molecule has 0 saturated carbocycles. The first-order valence-corrected chi connectivity index (χ1v) is 6.16. The molecular formula is C15H13FN4. The Hall–Kier alpha value is -2.69. The van der Waals surface area contributed by atoms with Gasteiger partial charge in [-0.3, -0.25) is 4.57 Å². The molecule has 0 spiro atoms. The second-order valence-corrected chi connectivity index (χ2v) is 4.57. The number of halogens is 1. The van der Waals surface area contributed by atoms with Gasteiger partial charge in [0.25, 0.3) is 0 Å². The molecule has 4 nitrogen and oxygen atoms in total. The summed E-state index contributed by atoms with van der Waals surface area (Å²) >= 11 is 0. The lowest BCUT2D eigenvalue weighted by Gasteiger charge is -2.10. The number of hydrogen-bond acceptors (Lipinski definition) is 3. The van der Waals surface area contributed by atoms with E-state index in [9.17, 15) is 4.39 Å². The number of rotatable bonds is 2. The highest BCUT2D eigenvalue weighted by molar-refractivity contribution is 5.64. The Morgan fingerprint density at radius 3 is 2.85 bits per heavy atom. The van der Waals surface area contributed by atoms with Crippen LogP contribution in [0.15, 0.2) is 49.1 Å². The van der Waals surface area contributed by atoms with Gasteiger partial charge in [-0.25, -0.2) is 14.4 Å². The van der Waals surface area contributed by atoms with Crippen molar-refractivity contribution in [2.24, 2.45) is 0 Å². The number of pyridine rings is 1. The van der Waals surface area contributed by atoms with E-state index in [1.165, 1.54) is 6.07 Å². The fraction of sp³-hybridized carbons (Fsp3) is 0.0667. The van der Waals surface area contributed by atoms with E-state index in [1.807, 2.05) is 13.0 Å². The van der Waals surface area contributed by atoms with Crippen molar-refractivity contribution in [2.75, 3.05) is 5.73 Å². The summed E-state index contributed by atoms with van der Waals surface area (Å²) in [6.45, 7) is 1.92. The van der Waals surface area contributed by atoms with Crippen LogP contribution in [0.3, 0.4) is 0 Å². The molecule has 3 aromatic rings. The summed E-state index contributed by atoms with van der Waals surface area (Å²) < 4.78 is 15.7. The fourth-order valence-corrected chi connectivity index (χ4v) is 2.12. The number of anilines is 1. The molecule has 0 amide bonds. The largest absolute Gasteiger partial charge is 0.384 e. The first-order valence-electron chi connectivity index (χ1n) is 6.16. The molecule has 0 unspecified atom stereocenters. The van der Waals surface area contributed by atoms with Crippen LogP contribution in [-0.4, -0.2) is 14.5 Å². The molecule has 0 aliphatic rings. The van der Waals surface area contributed by atoms with Crippen LogP contribution in [0.4, 0.5) is 10.2 Å². The van der Waals surface area contributed by atoms with Gasteiger partial charge in [-0.1, -0.05) is 6.07 Å². The molecule has 0 radical (unpaired) electrons. The van der Waals surface area contributed by atoms with E-state index in [2.05, 4.69) is 9.97 Å². The van der Waals surface area contributed by atoms with E-state index in [1.54, 1.807) is 41.5 Å². The van der Waals surface area contributed by atoms with Crippen molar-refractivity contribution in [1.82, 2.24) is 14.5 Å². The van der Waals surface area contributed by atoms with Gasteiger partial charge >= 0.3 is 0 Å². The van der Waals surface area contributed by atoms with E-state index in [0.717, 1.165) is 16.8 Å². The molecule has 1 aromatic carbocycles. The van der Waals surface area contributed by atoms with Crippen LogP contribution in [0, 0.1) is 12.7 Å². The van der Waals surface area contributed by atoms with Gasteiger partial charge in [-0.05, 0) is 36.8 Å². The van der Waals surface area contributed by atoms with Crippen molar-refractivity contribution in [3.8, 4) is 16.9 Å². The van der Waals surface area contributed by atoms with Crippen LogP contribution < -0.4 is 5.73 Å². The molecule has 0 atom stereocenters. The monoisotopic (exact) mass is 268 g/mol. The molecule has 0 aliphatic carbocycles. The lowest BCUT2D eigenvalue weighted by molar-refractivity contribution is 0.618. The second-order valence-electron chi connectivity index (χ2n) is 4.57. The summed E-state index contributed by atoms with van der Waals surface area (Å²) in [5.41, 5.74) is 8.75. The Bertz CT molecular complexity index is 764. The number of aromatic nitrogens is 3. The maximum Gasteiger partial charge on any atom is 0.147 e. The molecule has 3 rings (SSSR count). The zero-order valence-electron chi connectivity index (χ0n) is 10.9. The van der Waals surface area contributed by atoms with Gasteiger partial charge in [0.2, 0.25) is 0 Å². The van der Waals surface area contributed by atoms with E-state index in [4.69, 9.17) is 5.73 Å². The highest BCUT2D eigenvalue weighted by Crippen LogP contribution is 2.25. The van der Waals surface area contributed by atoms with Crippen LogP contribution in [0.25, 0.3) is 16.9 Å². The van der Waals surface area contributed by atoms with Gasteiger partial charge in [0.15, 0.2) is 0 Å². The molecule has 5 heteroatoms. The number of benzene rings is 1. The predicted octanol–water partition coefficient (Wildman–Crippen LogP) is 2.96. The van der Waals surface area contributed by atoms with Crippen LogP contribution in [0.5, 0.6) is 0 Å². The average Bonchev–Trinajstić information content (AvgIpc) is 2.90. The highest BCUT2D eigenvalue weighted by Gasteiger charge is 2.11. The number of nitrogens with two attached hydrogens (primary N) is 1. The number of nitrogens with zero attached hydrogens (tertiary/aromatic N) is 3. The maximum atomic E-state index is 14.0. The summed E-state index contributed by atoms with van der Waals surface area (Å²) in [6, 6.07) is 8.53. The minimum atomic E-state index is -0.295. The first kappa shape index (κ1) is 12.3. The number of imidazole rings is 1. The van der Waals surface area contributed by atoms with E-state index < -0.39 is 0 Å². The Labute approximate surface area is 115 Å². The number of nitrogen functional groups attached to an aromatic ring is 1. The molecule has 100 valence electrons. The quantitative estimate of drug-likeness (QED) is 0.777. The van der Waals surface area contributed by atoms with Crippen molar-refractivity contribution in [3.05, 3.63) is 60.4 Å². The van der Waals surface area contributed by atoms with E-state index in [-0.39, 0.29) is 5.82 Å². The molecule has 2 N–H and O–H groups in total. The Morgan fingerprint density at radius 1 is 1.20 bits per heavy atom. The van der Waals surface area contributed by atoms with Gasteiger partial charge in [0.1, 0.15) is 11.6 Å². The molecular weight excluding hydrogens is 255 g/mol. The maximum absolute atomic E-state index is 14.0. The summed E-state index contributed by atoms with van der Waals surface area (Å²) in [5.74, 6) is 0.122. The average molecular weight is 268 g/mol. The standard InChI is InChI=1S/C15H13FN4/c1-10-2-3-12(16)13(6-10)20-9-18-8-14(20)11-4-5-19-15(17)7-11/h2-9H,1H3,(H2,17,19). The van der Waals surface area contributed by atoms with Gasteiger partial charge in [0, 0.05) is 11.8 Å². The minimum absolute atomic E-state index is 0.295. The molecule has 0 bridgehead atoms. The molecule has 2 aromatic heterocycles. The minimum Gasteiger partial charge on any atom is -0.384 e. The topological polar surface area (TPSA) is 56.7 Å². The third kappa shape index (κ3) is 2.14. The van der Waals surface area contributed by atoms with Crippen molar-refractivity contribution in [1.29, 1.82) is 0 Å². The van der Waals surface area contributed by atoms with Crippen LogP contribution >= 0.6 is 0 Å². The normalized spacial score (nSPS) is 10.7. The Kier molecular flexibility index (Phi) is 2.95. The van der Waals surface area contributed by atoms with Crippen molar-refractivity contribution < 1.29 is 4.39 Å². The van der Waals surface area contributed by atoms with Crippen LogP contribution in [-0.2, 0) is 0 Å². The molecule has 0 fully saturated rings. The van der Waals surface area contributed by atoms with Gasteiger partial charge < -0.3 is 5.73 Å². The summed E-state index contributed by atoms with van der Waals surface area (Å²) in [7, 11) is 0. The third-order valence-electron chi connectivity index (χ3n) is 3.08. The number of aryl methyl sites for hydroxylation is 1. The number of hydrogen-bond donors (Lipinski definition) is 1. The smallest absolute Gasteiger partial charge is 0.147 e. The predicted molar refractivity (Wildman–Crippen MR) is 75.9 cm³/mol.